The van der Waals surface area contributed by atoms with Crippen molar-refractivity contribution in [3.63, 3.8) is 0 Å². The summed E-state index contributed by atoms with van der Waals surface area (Å²) >= 11 is 3.49. The van der Waals surface area contributed by atoms with Crippen LogP contribution in [0.2, 0.25) is 0 Å². The van der Waals surface area contributed by atoms with Crippen molar-refractivity contribution in [1.82, 2.24) is 4.57 Å². The highest BCUT2D eigenvalue weighted by Gasteiger charge is 2.31. The number of alkyl halides is 3. The first-order valence-electron chi connectivity index (χ1n) is 10.4. The standard InChI is InChI=1S/C26H19BrF3NO4/c1-16-5-11-23(31(16)20-4-2-3-18(13-20)25(32)33)22-14-19(27)8-12-24(22)34-15-17-6-9-21(10-7-17)35-26(28,29)30/h2-14H,15H2,1H3,(H,32,33). The predicted molar refractivity (Wildman–Crippen MR) is 128 cm³/mol. The summed E-state index contributed by atoms with van der Waals surface area (Å²) in [4.78, 5) is 11.5. The molecule has 4 aromatic rings. The molecule has 0 aliphatic heterocycles. The molecule has 1 aromatic heterocycles. The second kappa shape index (κ2) is 9.87. The van der Waals surface area contributed by atoms with E-state index in [9.17, 15) is 23.1 Å². The Morgan fingerprint density at radius 3 is 2.43 bits per heavy atom. The van der Waals surface area contributed by atoms with Gasteiger partial charge in [-0.15, -0.1) is 13.2 Å². The van der Waals surface area contributed by atoms with Crippen LogP contribution in [-0.4, -0.2) is 22.0 Å². The number of ether oxygens (including phenoxy) is 2. The molecule has 1 N–H and O–H groups in total. The topological polar surface area (TPSA) is 60.7 Å². The molecule has 0 saturated heterocycles. The summed E-state index contributed by atoms with van der Waals surface area (Å²) in [5, 5.41) is 9.39. The highest BCUT2D eigenvalue weighted by atomic mass is 79.9. The molecule has 0 radical (unpaired) electrons. The first-order valence-corrected chi connectivity index (χ1v) is 11.2. The molecule has 0 fully saturated rings. The van der Waals surface area contributed by atoms with Crippen molar-refractivity contribution in [2.45, 2.75) is 19.9 Å². The Balaban J connectivity index is 1.64. The molecule has 5 nitrogen and oxygen atoms in total. The molecule has 0 aliphatic rings. The minimum atomic E-state index is -4.75. The third kappa shape index (κ3) is 5.86. The lowest BCUT2D eigenvalue weighted by Crippen LogP contribution is -2.17. The van der Waals surface area contributed by atoms with Crippen LogP contribution in [0.5, 0.6) is 11.5 Å². The van der Waals surface area contributed by atoms with Crippen molar-refractivity contribution in [2.24, 2.45) is 0 Å². The number of carbonyl (C=O) groups is 1. The molecule has 0 amide bonds. The van der Waals surface area contributed by atoms with Crippen molar-refractivity contribution in [2.75, 3.05) is 0 Å². The molecule has 0 atom stereocenters. The van der Waals surface area contributed by atoms with E-state index in [1.165, 1.54) is 30.3 Å². The molecular formula is C26H19BrF3NO4. The molecule has 0 bridgehead atoms. The van der Waals surface area contributed by atoms with Crippen molar-refractivity contribution in [3.8, 4) is 28.4 Å². The number of carboxylic acid groups (broad SMARTS) is 1. The van der Waals surface area contributed by atoms with Gasteiger partial charge in [0.1, 0.15) is 18.1 Å². The summed E-state index contributed by atoms with van der Waals surface area (Å²) < 4.78 is 49.9. The molecule has 0 saturated carbocycles. The average Bonchev–Trinajstić information content (AvgIpc) is 3.19. The van der Waals surface area contributed by atoms with Gasteiger partial charge in [-0.2, -0.15) is 0 Å². The number of halogens is 4. The van der Waals surface area contributed by atoms with Crippen LogP contribution in [0, 0.1) is 6.92 Å². The summed E-state index contributed by atoms with van der Waals surface area (Å²) in [5.74, 6) is -0.767. The summed E-state index contributed by atoms with van der Waals surface area (Å²) in [5.41, 5.74) is 3.96. The summed E-state index contributed by atoms with van der Waals surface area (Å²) in [6.45, 7) is 2.04. The molecule has 180 valence electrons. The SMILES string of the molecule is Cc1ccc(-c2cc(Br)ccc2OCc2ccc(OC(F)(F)F)cc2)n1-c1cccc(C(=O)O)c1. The largest absolute Gasteiger partial charge is 0.573 e. The van der Waals surface area contributed by atoms with Gasteiger partial charge in [0, 0.05) is 21.4 Å². The number of hydrogen-bond acceptors (Lipinski definition) is 3. The Bertz CT molecular complexity index is 1360. The minimum Gasteiger partial charge on any atom is -0.488 e. The number of hydrogen-bond donors (Lipinski definition) is 1. The van der Waals surface area contributed by atoms with Crippen LogP contribution in [-0.2, 0) is 6.61 Å². The normalized spacial score (nSPS) is 11.3. The Morgan fingerprint density at radius 1 is 1.00 bits per heavy atom. The Hall–Kier alpha value is -3.72. The van der Waals surface area contributed by atoms with Crippen molar-refractivity contribution in [1.29, 1.82) is 0 Å². The number of nitrogens with zero attached hydrogens (tertiary/aromatic N) is 1. The summed E-state index contributed by atoms with van der Waals surface area (Å²) in [7, 11) is 0. The van der Waals surface area contributed by atoms with E-state index in [-0.39, 0.29) is 17.9 Å². The predicted octanol–water partition coefficient (Wildman–Crippen LogP) is 7.39. The highest BCUT2D eigenvalue weighted by molar-refractivity contribution is 9.10. The van der Waals surface area contributed by atoms with Crippen LogP contribution in [0.15, 0.2) is 83.3 Å². The van der Waals surface area contributed by atoms with E-state index in [4.69, 9.17) is 4.74 Å². The van der Waals surface area contributed by atoms with E-state index < -0.39 is 12.3 Å². The van der Waals surface area contributed by atoms with E-state index in [2.05, 4.69) is 20.7 Å². The molecule has 35 heavy (non-hydrogen) atoms. The zero-order valence-corrected chi connectivity index (χ0v) is 19.9. The molecule has 1 heterocycles. The van der Waals surface area contributed by atoms with Crippen LogP contribution in [0.3, 0.4) is 0 Å². The summed E-state index contributed by atoms with van der Waals surface area (Å²) in [6.07, 6.45) is -4.75. The van der Waals surface area contributed by atoms with Crippen LogP contribution < -0.4 is 9.47 Å². The lowest BCUT2D eigenvalue weighted by molar-refractivity contribution is -0.274. The smallest absolute Gasteiger partial charge is 0.488 e. The van der Waals surface area contributed by atoms with Crippen LogP contribution in [0.4, 0.5) is 13.2 Å². The lowest BCUT2D eigenvalue weighted by atomic mass is 10.1. The van der Waals surface area contributed by atoms with Crippen LogP contribution in [0.1, 0.15) is 21.6 Å². The van der Waals surface area contributed by atoms with Gasteiger partial charge >= 0.3 is 12.3 Å². The Morgan fingerprint density at radius 2 is 1.74 bits per heavy atom. The molecule has 3 aromatic carbocycles. The maximum atomic E-state index is 12.4. The lowest BCUT2D eigenvalue weighted by Gasteiger charge is -2.17. The Labute approximate surface area is 207 Å². The first kappa shape index (κ1) is 24.4. The zero-order valence-electron chi connectivity index (χ0n) is 18.3. The van der Waals surface area contributed by atoms with E-state index in [1.54, 1.807) is 18.2 Å². The van der Waals surface area contributed by atoms with Crippen molar-refractivity contribution in [3.05, 3.63) is 100 Å². The average molecular weight is 546 g/mol. The molecule has 0 spiro atoms. The Kier molecular flexibility index (Phi) is 6.88. The second-order valence-electron chi connectivity index (χ2n) is 7.67. The second-order valence-corrected chi connectivity index (χ2v) is 8.59. The maximum Gasteiger partial charge on any atom is 0.573 e. The van der Waals surface area contributed by atoms with Gasteiger partial charge in [-0.3, -0.25) is 0 Å². The molecule has 9 heteroatoms. The number of aromatic nitrogens is 1. The number of aryl methyl sites for hydroxylation is 1. The van der Waals surface area contributed by atoms with Crippen molar-refractivity contribution < 1.29 is 32.5 Å². The highest BCUT2D eigenvalue weighted by Crippen LogP contribution is 2.36. The van der Waals surface area contributed by atoms with E-state index in [0.29, 0.717) is 17.0 Å². The summed E-state index contributed by atoms with van der Waals surface area (Å²) in [6, 6.07) is 21.5. The van der Waals surface area contributed by atoms with Gasteiger partial charge in [0.15, 0.2) is 0 Å². The fraction of sp³-hybridized carbons (Fsp3) is 0.115. The number of aromatic carboxylic acids is 1. The fourth-order valence-electron chi connectivity index (χ4n) is 3.65. The van der Waals surface area contributed by atoms with Gasteiger partial charge in [0.25, 0.3) is 0 Å². The van der Waals surface area contributed by atoms with Crippen LogP contribution >= 0.6 is 15.9 Å². The number of carboxylic acids is 1. The third-order valence-electron chi connectivity index (χ3n) is 5.20. The first-order chi connectivity index (χ1) is 16.6. The quantitative estimate of drug-likeness (QED) is 0.263. The van der Waals surface area contributed by atoms with E-state index in [1.807, 2.05) is 41.8 Å². The molecule has 4 rings (SSSR count). The van der Waals surface area contributed by atoms with E-state index >= 15 is 0 Å². The minimum absolute atomic E-state index is 0.120. The van der Waals surface area contributed by atoms with Gasteiger partial charge in [-0.05, 0) is 73.2 Å². The maximum absolute atomic E-state index is 12.4. The van der Waals surface area contributed by atoms with Gasteiger partial charge in [-0.1, -0.05) is 34.1 Å². The molecule has 0 aliphatic carbocycles. The van der Waals surface area contributed by atoms with Gasteiger partial charge < -0.3 is 19.1 Å². The third-order valence-corrected chi connectivity index (χ3v) is 5.69. The van der Waals surface area contributed by atoms with Gasteiger partial charge in [0.2, 0.25) is 0 Å². The monoisotopic (exact) mass is 545 g/mol. The van der Waals surface area contributed by atoms with Crippen LogP contribution in [0.25, 0.3) is 16.9 Å². The number of benzene rings is 3. The van der Waals surface area contributed by atoms with Crippen molar-refractivity contribution >= 4 is 21.9 Å². The fourth-order valence-corrected chi connectivity index (χ4v) is 4.01. The van der Waals surface area contributed by atoms with Gasteiger partial charge in [-0.25, -0.2) is 4.79 Å². The zero-order chi connectivity index (χ0) is 25.2. The molecule has 0 unspecified atom stereocenters. The van der Waals surface area contributed by atoms with Gasteiger partial charge in [0.05, 0.1) is 11.3 Å². The van der Waals surface area contributed by atoms with E-state index in [0.717, 1.165) is 21.4 Å². The number of rotatable bonds is 7. The molecular weight excluding hydrogens is 527 g/mol.